The van der Waals surface area contributed by atoms with E-state index < -0.39 is 0 Å². The molecule has 176 valence electrons. The predicted molar refractivity (Wildman–Crippen MR) is 132 cm³/mol. The Morgan fingerprint density at radius 3 is 2.65 bits per heavy atom. The van der Waals surface area contributed by atoms with E-state index in [9.17, 15) is 4.79 Å². The summed E-state index contributed by atoms with van der Waals surface area (Å²) >= 11 is 1.45. The van der Waals surface area contributed by atoms with Gasteiger partial charge in [0.2, 0.25) is 4.80 Å². The summed E-state index contributed by atoms with van der Waals surface area (Å²) in [6.45, 7) is 4.20. The van der Waals surface area contributed by atoms with Gasteiger partial charge >= 0.3 is 0 Å². The van der Waals surface area contributed by atoms with Crippen LogP contribution in [0.4, 0.5) is 5.69 Å². The molecule has 1 aromatic heterocycles. The molecule has 0 saturated carbocycles. The minimum Gasteiger partial charge on any atom is -0.496 e. The van der Waals surface area contributed by atoms with Gasteiger partial charge in [0, 0.05) is 22.6 Å². The molecule has 0 saturated heterocycles. The van der Waals surface area contributed by atoms with E-state index >= 15 is 0 Å². The molecule has 9 nitrogen and oxygen atoms in total. The minimum atomic E-state index is -0.192. The molecule has 1 aliphatic heterocycles. The number of nitrogens with zero attached hydrogens (tertiary/aromatic N) is 3. The summed E-state index contributed by atoms with van der Waals surface area (Å²) in [5, 5.41) is 9.51. The second-order valence-corrected chi connectivity index (χ2v) is 7.92. The molecule has 0 unspecified atom stereocenters. The normalized spacial score (nSPS) is 13.3. The average molecular weight is 481 g/mol. The fourth-order valence-corrected chi connectivity index (χ4v) is 4.22. The first kappa shape index (κ1) is 23.1. The molecule has 4 rings (SSSR count). The van der Waals surface area contributed by atoms with Crippen LogP contribution in [0, 0.1) is 0 Å². The zero-order valence-electron chi connectivity index (χ0n) is 19.0. The maximum Gasteiger partial charge on any atom is 0.262 e. The van der Waals surface area contributed by atoms with Gasteiger partial charge < -0.3 is 24.3 Å². The van der Waals surface area contributed by atoms with Crippen LogP contribution in [-0.4, -0.2) is 51.3 Å². The minimum absolute atomic E-state index is 0.00677. The predicted octanol–water partition coefficient (Wildman–Crippen LogP) is 3.54. The summed E-state index contributed by atoms with van der Waals surface area (Å²) in [4.78, 5) is 17.0. The number of rotatable bonds is 8. The Hall–Kier alpha value is -4.05. The monoisotopic (exact) mass is 480 g/mol. The number of hydrogen-bond donors (Lipinski definition) is 1. The van der Waals surface area contributed by atoms with Crippen molar-refractivity contribution in [2.45, 2.75) is 0 Å². The summed E-state index contributed by atoms with van der Waals surface area (Å²) in [6.07, 6.45) is 3.39. The molecule has 0 aliphatic carbocycles. The maximum absolute atomic E-state index is 11.8. The zero-order chi connectivity index (χ0) is 24.1. The number of fused-ring (bicyclic) bond motifs is 1. The number of hydrogen-bond acceptors (Lipinski definition) is 8. The highest BCUT2D eigenvalue weighted by atomic mass is 32.1. The smallest absolute Gasteiger partial charge is 0.262 e. The van der Waals surface area contributed by atoms with E-state index in [1.807, 2.05) is 23.6 Å². The van der Waals surface area contributed by atoms with Gasteiger partial charge in [-0.1, -0.05) is 6.08 Å². The number of nitrogens with one attached hydrogen (secondary N) is 1. The van der Waals surface area contributed by atoms with Gasteiger partial charge in [-0.25, -0.2) is 4.68 Å². The average Bonchev–Trinajstić information content (AvgIpc) is 3.27. The van der Waals surface area contributed by atoms with Crippen LogP contribution in [0.5, 0.6) is 23.0 Å². The van der Waals surface area contributed by atoms with Crippen LogP contribution in [-0.2, 0) is 4.79 Å². The topological polar surface area (TPSA) is 95.7 Å². The molecular formula is C24H24N4O5S. The Balaban J connectivity index is 1.80. The van der Waals surface area contributed by atoms with E-state index in [0.717, 1.165) is 11.3 Å². The van der Waals surface area contributed by atoms with Gasteiger partial charge in [-0.2, -0.15) is 5.10 Å². The van der Waals surface area contributed by atoms with Crippen LogP contribution < -0.4 is 29.1 Å². The summed E-state index contributed by atoms with van der Waals surface area (Å²) in [6, 6.07) is 9.13. The maximum atomic E-state index is 11.8. The molecule has 0 spiro atoms. The molecule has 0 atom stereocenters. The molecule has 0 bridgehead atoms. The van der Waals surface area contributed by atoms with Gasteiger partial charge in [-0.05, 0) is 24.3 Å². The zero-order valence-corrected chi connectivity index (χ0v) is 19.8. The Labute approximate surface area is 200 Å². The SMILES string of the molecule is C=CCN=c1scc(-c2ccc3c(c2)NC(=O)CO3)n1N=Cc1cc(OC)c(OC)cc1OC. The first-order valence-electron chi connectivity index (χ1n) is 10.3. The van der Waals surface area contributed by atoms with Crippen molar-refractivity contribution in [3.05, 3.63) is 58.7 Å². The Bertz CT molecular complexity index is 1330. The number of anilines is 1. The molecule has 1 aliphatic rings. The van der Waals surface area contributed by atoms with Gasteiger partial charge in [-0.3, -0.25) is 9.79 Å². The second kappa shape index (κ2) is 10.3. The number of thiazole rings is 1. The summed E-state index contributed by atoms with van der Waals surface area (Å²) in [7, 11) is 4.72. The molecule has 34 heavy (non-hydrogen) atoms. The highest BCUT2D eigenvalue weighted by Gasteiger charge is 2.18. The lowest BCUT2D eigenvalue weighted by Gasteiger charge is -2.18. The molecular weight excluding hydrogens is 456 g/mol. The van der Waals surface area contributed by atoms with Gasteiger partial charge in [0.05, 0.1) is 45.5 Å². The number of carbonyl (C=O) groups excluding carboxylic acids is 1. The van der Waals surface area contributed by atoms with Crippen molar-refractivity contribution in [3.8, 4) is 34.3 Å². The molecule has 2 heterocycles. The Morgan fingerprint density at radius 1 is 1.15 bits per heavy atom. The first-order chi connectivity index (χ1) is 16.6. The van der Waals surface area contributed by atoms with Crippen molar-refractivity contribution in [1.29, 1.82) is 0 Å². The van der Waals surface area contributed by atoms with Gasteiger partial charge in [0.25, 0.3) is 5.91 Å². The molecule has 1 N–H and O–H groups in total. The quantitative estimate of drug-likeness (QED) is 0.393. The second-order valence-electron chi connectivity index (χ2n) is 7.09. The lowest BCUT2D eigenvalue weighted by Crippen LogP contribution is -2.25. The van der Waals surface area contributed by atoms with Crippen molar-refractivity contribution in [1.82, 2.24) is 4.68 Å². The van der Waals surface area contributed by atoms with Gasteiger partial charge in [0.15, 0.2) is 18.1 Å². The van der Waals surface area contributed by atoms with Crippen LogP contribution in [0.3, 0.4) is 0 Å². The first-order valence-corrected chi connectivity index (χ1v) is 11.2. The standard InChI is InChI=1S/C24H24N4O5S/c1-5-8-25-24-28(26-12-16-10-21(31-3)22(32-4)11-20(16)30-2)18(14-34-24)15-6-7-19-17(9-15)27-23(29)13-33-19/h5-7,9-12,14H,1,8,13H2,2-4H3,(H,27,29). The summed E-state index contributed by atoms with van der Waals surface area (Å²) < 4.78 is 23.5. The fourth-order valence-electron chi connectivity index (χ4n) is 3.38. The highest BCUT2D eigenvalue weighted by molar-refractivity contribution is 7.07. The van der Waals surface area contributed by atoms with E-state index in [4.69, 9.17) is 24.0 Å². The summed E-state index contributed by atoms with van der Waals surface area (Å²) in [5.41, 5.74) is 2.95. The third-order valence-electron chi connectivity index (χ3n) is 5.00. The highest BCUT2D eigenvalue weighted by Crippen LogP contribution is 2.35. The molecule has 2 aromatic carbocycles. The van der Waals surface area contributed by atoms with E-state index in [2.05, 4.69) is 16.9 Å². The van der Waals surface area contributed by atoms with E-state index in [1.165, 1.54) is 11.3 Å². The van der Waals surface area contributed by atoms with Crippen molar-refractivity contribution < 1.29 is 23.7 Å². The molecule has 0 radical (unpaired) electrons. The fraction of sp³-hybridized carbons (Fsp3) is 0.208. The number of methoxy groups -OCH3 is 3. The molecule has 10 heteroatoms. The van der Waals surface area contributed by atoms with Crippen molar-refractivity contribution in [3.63, 3.8) is 0 Å². The lowest BCUT2D eigenvalue weighted by atomic mass is 10.1. The Kier molecular flexibility index (Phi) is 6.98. The number of amides is 1. The van der Waals surface area contributed by atoms with Crippen molar-refractivity contribution >= 4 is 29.1 Å². The molecule has 0 fully saturated rings. The van der Waals surface area contributed by atoms with E-state index in [-0.39, 0.29) is 12.5 Å². The van der Waals surface area contributed by atoms with Crippen LogP contribution >= 0.6 is 11.3 Å². The molecule has 3 aromatic rings. The van der Waals surface area contributed by atoms with Crippen LogP contribution in [0.2, 0.25) is 0 Å². The van der Waals surface area contributed by atoms with E-state index in [1.54, 1.807) is 50.4 Å². The van der Waals surface area contributed by atoms with Crippen LogP contribution in [0.25, 0.3) is 11.3 Å². The third kappa shape index (κ3) is 4.67. The van der Waals surface area contributed by atoms with Gasteiger partial charge in [-0.15, -0.1) is 17.9 Å². The molecule has 1 amide bonds. The third-order valence-corrected chi connectivity index (χ3v) is 5.85. The number of aromatic nitrogens is 1. The largest absolute Gasteiger partial charge is 0.496 e. The van der Waals surface area contributed by atoms with Crippen molar-refractivity contribution in [2.24, 2.45) is 10.1 Å². The van der Waals surface area contributed by atoms with Crippen LogP contribution in [0.15, 0.2) is 58.5 Å². The van der Waals surface area contributed by atoms with Crippen LogP contribution in [0.1, 0.15) is 5.56 Å². The number of ether oxygens (including phenoxy) is 4. The Morgan fingerprint density at radius 2 is 1.91 bits per heavy atom. The lowest BCUT2D eigenvalue weighted by molar-refractivity contribution is -0.118. The number of benzene rings is 2. The van der Waals surface area contributed by atoms with E-state index in [0.29, 0.717) is 45.6 Å². The van der Waals surface area contributed by atoms with Gasteiger partial charge in [0.1, 0.15) is 11.5 Å². The van der Waals surface area contributed by atoms with Crippen molar-refractivity contribution in [2.75, 3.05) is 39.8 Å². The summed E-state index contributed by atoms with van der Waals surface area (Å²) in [5.74, 6) is 2.13. The number of carbonyl (C=O) groups is 1.